The Hall–Kier alpha value is -0.940. The van der Waals surface area contributed by atoms with E-state index in [1.165, 1.54) is 7.11 Å². The molecule has 0 aliphatic rings. The van der Waals surface area contributed by atoms with Gasteiger partial charge in [-0.1, -0.05) is 17.7 Å². The molecule has 1 aromatic rings. The molecule has 18 heavy (non-hydrogen) atoms. The highest BCUT2D eigenvalue weighted by Gasteiger charge is 2.27. The van der Waals surface area contributed by atoms with E-state index in [4.69, 9.17) is 16.3 Å². The summed E-state index contributed by atoms with van der Waals surface area (Å²) in [5, 5.41) is -2.26. The predicted octanol–water partition coefficient (Wildman–Crippen LogP) is 3.81. The van der Waals surface area contributed by atoms with Crippen LogP contribution in [0.15, 0.2) is 40.3 Å². The van der Waals surface area contributed by atoms with Crippen molar-refractivity contribution in [2.45, 2.75) is 23.6 Å². The molecule has 1 rings (SSSR count). The number of ether oxygens (including phenoxy) is 1. The van der Waals surface area contributed by atoms with Gasteiger partial charge in [-0.05, 0) is 30.7 Å². The van der Waals surface area contributed by atoms with Gasteiger partial charge >= 0.3 is 5.38 Å². The first-order valence-corrected chi connectivity index (χ1v) is 6.69. The monoisotopic (exact) mass is 294 g/mol. The quantitative estimate of drug-likeness (QED) is 0.610. The van der Waals surface area contributed by atoms with Crippen molar-refractivity contribution in [3.05, 3.63) is 41.0 Å². The van der Waals surface area contributed by atoms with Gasteiger partial charge in [0.1, 0.15) is 5.76 Å². The molecule has 0 fully saturated rings. The third kappa shape index (κ3) is 5.14. The molecular formula is C12H13ClF2O2S. The van der Waals surface area contributed by atoms with Gasteiger partial charge in [-0.2, -0.15) is 8.78 Å². The maximum atomic E-state index is 12.6. The predicted molar refractivity (Wildman–Crippen MR) is 68.1 cm³/mol. The smallest absolute Gasteiger partial charge is 0.328 e. The molecule has 0 aliphatic carbocycles. The van der Waals surface area contributed by atoms with Gasteiger partial charge in [-0.3, -0.25) is 0 Å². The van der Waals surface area contributed by atoms with E-state index in [9.17, 15) is 13.0 Å². The maximum absolute atomic E-state index is 12.6. The number of hydrogen-bond donors (Lipinski definition) is 0. The van der Waals surface area contributed by atoms with Gasteiger partial charge in [-0.25, -0.2) is 4.21 Å². The van der Waals surface area contributed by atoms with Crippen LogP contribution in [0.25, 0.3) is 0 Å². The lowest BCUT2D eigenvalue weighted by Crippen LogP contribution is -2.08. The number of rotatable bonds is 5. The van der Waals surface area contributed by atoms with Crippen molar-refractivity contribution in [2.75, 3.05) is 7.11 Å². The summed E-state index contributed by atoms with van der Waals surface area (Å²) in [5.41, 5.74) is 1.03. The fourth-order valence-corrected chi connectivity index (χ4v) is 2.31. The Bertz CT molecular complexity index is 452. The van der Waals surface area contributed by atoms with Crippen molar-refractivity contribution in [3.8, 4) is 0 Å². The topological polar surface area (TPSA) is 26.3 Å². The largest absolute Gasteiger partial charge is 0.500 e. The lowest BCUT2D eigenvalue weighted by atomic mass is 10.2. The molecule has 1 aromatic carbocycles. The molecule has 0 radical (unpaired) electrons. The molecule has 0 aliphatic heterocycles. The summed E-state index contributed by atoms with van der Waals surface area (Å²) < 4.78 is 41.8. The van der Waals surface area contributed by atoms with Crippen molar-refractivity contribution < 1.29 is 17.7 Å². The van der Waals surface area contributed by atoms with E-state index in [1.807, 2.05) is 6.92 Å². The summed E-state index contributed by atoms with van der Waals surface area (Å²) in [4.78, 5) is 0.521. The highest BCUT2D eigenvalue weighted by molar-refractivity contribution is 7.88. The fraction of sp³-hybridized carbons (Fsp3) is 0.333. The summed E-state index contributed by atoms with van der Waals surface area (Å²) in [6.07, 6.45) is -0.789. The summed E-state index contributed by atoms with van der Waals surface area (Å²) >= 11 is 4.80. The van der Waals surface area contributed by atoms with Crippen LogP contribution in [0.5, 0.6) is 0 Å². The highest BCUT2D eigenvalue weighted by atomic mass is 35.5. The number of halogens is 3. The second kappa shape index (κ2) is 6.29. The van der Waals surface area contributed by atoms with E-state index < -0.39 is 22.6 Å². The number of aryl methyl sites for hydroxylation is 1. The van der Waals surface area contributed by atoms with Crippen molar-refractivity contribution in [3.63, 3.8) is 0 Å². The molecule has 1 atom stereocenters. The van der Waals surface area contributed by atoms with Gasteiger partial charge in [0.2, 0.25) is 0 Å². The number of alkyl halides is 3. The molecule has 100 valence electrons. The van der Waals surface area contributed by atoms with Gasteiger partial charge in [-0.15, -0.1) is 0 Å². The summed E-state index contributed by atoms with van der Waals surface area (Å²) in [6, 6.07) is 6.94. The minimum atomic E-state index is -3.40. The molecule has 6 heteroatoms. The molecule has 0 spiro atoms. The second-order valence-corrected chi connectivity index (χ2v) is 5.55. The lowest BCUT2D eigenvalue weighted by Gasteiger charge is -2.10. The zero-order chi connectivity index (χ0) is 13.8. The van der Waals surface area contributed by atoms with Crippen LogP contribution in [-0.2, 0) is 15.5 Å². The molecule has 0 saturated carbocycles. The normalized spacial score (nSPS) is 14.4. The van der Waals surface area contributed by atoms with Gasteiger partial charge < -0.3 is 4.74 Å². The van der Waals surface area contributed by atoms with Gasteiger partial charge in [0.15, 0.2) is 0 Å². The van der Waals surface area contributed by atoms with Crippen LogP contribution in [0.2, 0.25) is 0 Å². The van der Waals surface area contributed by atoms with Crippen LogP contribution in [0.3, 0.4) is 0 Å². The molecule has 2 nitrogen and oxygen atoms in total. The number of hydrogen-bond acceptors (Lipinski definition) is 2. The number of benzene rings is 1. The minimum Gasteiger partial charge on any atom is -0.500 e. The van der Waals surface area contributed by atoms with E-state index in [0.717, 1.165) is 11.0 Å². The maximum Gasteiger partial charge on any atom is 0.328 e. The molecule has 0 bridgehead atoms. The Morgan fingerprint density at radius 3 is 2.44 bits per heavy atom. The van der Waals surface area contributed by atoms with E-state index >= 15 is 0 Å². The van der Waals surface area contributed by atoms with Crippen molar-refractivity contribution in [1.29, 1.82) is 0 Å². The average molecular weight is 295 g/mol. The third-order valence-electron chi connectivity index (χ3n) is 2.13. The van der Waals surface area contributed by atoms with Crippen molar-refractivity contribution in [2.24, 2.45) is 0 Å². The van der Waals surface area contributed by atoms with Crippen LogP contribution in [0, 0.1) is 6.92 Å². The SMILES string of the molecule is CO/C(=C\[S@@](=O)c1ccc(C)cc1)CC(F)(F)Cl. The molecule has 0 saturated heterocycles. The van der Waals surface area contributed by atoms with Crippen LogP contribution in [0.1, 0.15) is 12.0 Å². The lowest BCUT2D eigenvalue weighted by molar-refractivity contribution is 0.0779. The standard InChI is InChI=1S/C12H13ClF2O2S/c1-9-3-5-11(6-4-9)18(16)8-10(17-2)7-12(13,14)15/h3-6,8H,7H2,1-2H3/b10-8-/t18-/m1/s1. The first-order valence-electron chi connectivity index (χ1n) is 5.10. The van der Waals surface area contributed by atoms with Crippen molar-refractivity contribution >= 4 is 22.4 Å². The van der Waals surface area contributed by atoms with Gasteiger partial charge in [0.05, 0.1) is 24.3 Å². The Kier molecular flexibility index (Phi) is 5.28. The highest BCUT2D eigenvalue weighted by Crippen LogP contribution is 2.28. The van der Waals surface area contributed by atoms with E-state index in [0.29, 0.717) is 4.90 Å². The zero-order valence-electron chi connectivity index (χ0n) is 9.95. The first-order chi connectivity index (χ1) is 8.31. The van der Waals surface area contributed by atoms with Gasteiger partial charge in [0, 0.05) is 10.3 Å². The molecule has 0 N–H and O–H groups in total. The van der Waals surface area contributed by atoms with Crippen molar-refractivity contribution in [1.82, 2.24) is 0 Å². The van der Waals surface area contributed by atoms with E-state index in [1.54, 1.807) is 24.3 Å². The summed E-state index contributed by atoms with van der Waals surface area (Å²) in [5.74, 6) is -0.103. The number of allylic oxidation sites excluding steroid dienone is 1. The van der Waals surface area contributed by atoms with Crippen LogP contribution in [0.4, 0.5) is 8.78 Å². The number of methoxy groups -OCH3 is 1. The molecular weight excluding hydrogens is 282 g/mol. The Morgan fingerprint density at radius 2 is 2.00 bits per heavy atom. The van der Waals surface area contributed by atoms with Gasteiger partial charge in [0.25, 0.3) is 0 Å². The minimum absolute atomic E-state index is 0.103. The van der Waals surface area contributed by atoms with Crippen LogP contribution >= 0.6 is 11.6 Å². The zero-order valence-corrected chi connectivity index (χ0v) is 11.5. The molecule has 0 amide bonds. The third-order valence-corrected chi connectivity index (χ3v) is 3.48. The average Bonchev–Trinajstić information content (AvgIpc) is 2.27. The van der Waals surface area contributed by atoms with Crippen LogP contribution < -0.4 is 0 Å². The first kappa shape index (κ1) is 15.1. The molecule has 0 heterocycles. The Balaban J connectivity index is 2.86. The second-order valence-electron chi connectivity index (χ2n) is 3.69. The molecule has 0 aromatic heterocycles. The van der Waals surface area contributed by atoms with Crippen LogP contribution in [-0.4, -0.2) is 16.7 Å². The van der Waals surface area contributed by atoms with E-state index in [-0.39, 0.29) is 5.76 Å². The summed E-state index contributed by atoms with van der Waals surface area (Å²) in [6.45, 7) is 1.90. The molecule has 0 unspecified atom stereocenters. The van der Waals surface area contributed by atoms with E-state index in [2.05, 4.69) is 0 Å². The Labute approximate surface area is 112 Å². The fourth-order valence-electron chi connectivity index (χ4n) is 1.22. The summed E-state index contributed by atoms with van der Waals surface area (Å²) in [7, 11) is -0.298. The Morgan fingerprint density at radius 1 is 1.44 bits per heavy atom.